The van der Waals surface area contributed by atoms with Crippen molar-refractivity contribution in [1.29, 1.82) is 0 Å². The zero-order chi connectivity index (χ0) is 14.7. The van der Waals surface area contributed by atoms with Crippen molar-refractivity contribution in [2.45, 2.75) is 26.7 Å². The number of esters is 1. The molecule has 2 N–H and O–H groups in total. The molecule has 0 amide bonds. The molecule has 0 aliphatic carbocycles. The fourth-order valence-electron chi connectivity index (χ4n) is 1.94. The normalized spacial score (nSPS) is 10.8. The van der Waals surface area contributed by atoms with E-state index in [2.05, 4.69) is 38.1 Å². The molecule has 3 nitrogen and oxygen atoms in total. The van der Waals surface area contributed by atoms with Gasteiger partial charge in [-0.1, -0.05) is 38.1 Å². The first-order valence-electron chi connectivity index (χ1n) is 6.69. The summed E-state index contributed by atoms with van der Waals surface area (Å²) in [5.74, 6) is 0.160. The number of carbonyl (C=O) groups is 1. The lowest BCUT2D eigenvalue weighted by Crippen LogP contribution is -2.04. The smallest absolute Gasteiger partial charge is 0.350 e. The van der Waals surface area contributed by atoms with E-state index < -0.39 is 0 Å². The van der Waals surface area contributed by atoms with Gasteiger partial charge in [-0.2, -0.15) is 0 Å². The van der Waals surface area contributed by atoms with Crippen LogP contribution in [0.25, 0.3) is 10.4 Å². The summed E-state index contributed by atoms with van der Waals surface area (Å²) in [7, 11) is 0. The average Bonchev–Trinajstić information content (AvgIpc) is 2.81. The fourth-order valence-corrected chi connectivity index (χ4v) is 2.91. The Balaban J connectivity index is 2.29. The molecule has 0 bridgehead atoms. The van der Waals surface area contributed by atoms with Crippen molar-refractivity contribution in [3.63, 3.8) is 0 Å². The van der Waals surface area contributed by atoms with Crippen molar-refractivity contribution < 1.29 is 9.53 Å². The monoisotopic (exact) mass is 289 g/mol. The molecule has 0 atom stereocenters. The molecule has 106 valence electrons. The lowest BCUT2D eigenvalue weighted by atomic mass is 10.0. The number of nitrogens with two attached hydrogens (primary N) is 1. The number of rotatable bonds is 4. The van der Waals surface area contributed by atoms with E-state index >= 15 is 0 Å². The van der Waals surface area contributed by atoms with E-state index in [0.717, 1.165) is 10.4 Å². The summed E-state index contributed by atoms with van der Waals surface area (Å²) in [5.41, 5.74) is 8.75. The minimum atomic E-state index is -0.347. The van der Waals surface area contributed by atoms with Gasteiger partial charge in [-0.25, -0.2) is 4.79 Å². The molecule has 0 unspecified atom stereocenters. The van der Waals surface area contributed by atoms with Crippen LogP contribution in [0.2, 0.25) is 0 Å². The maximum Gasteiger partial charge on any atom is 0.350 e. The standard InChI is InChI=1S/C16H19NO2S/c1-4-19-16(18)15-13(17)9-14(20-15)12-7-5-11(6-8-12)10(2)3/h5-10H,4,17H2,1-3H3. The summed E-state index contributed by atoms with van der Waals surface area (Å²) < 4.78 is 5.00. The third-order valence-corrected chi connectivity index (χ3v) is 4.26. The Hall–Kier alpha value is -1.81. The molecule has 0 saturated heterocycles. The quantitative estimate of drug-likeness (QED) is 0.854. The third-order valence-electron chi connectivity index (χ3n) is 3.08. The van der Waals surface area contributed by atoms with Crippen LogP contribution < -0.4 is 5.73 Å². The minimum absolute atomic E-state index is 0.347. The fraction of sp³-hybridized carbons (Fsp3) is 0.312. The van der Waals surface area contributed by atoms with Gasteiger partial charge in [0.1, 0.15) is 4.88 Å². The van der Waals surface area contributed by atoms with Crippen molar-refractivity contribution in [3.05, 3.63) is 40.8 Å². The molecule has 0 fully saturated rings. The van der Waals surface area contributed by atoms with E-state index in [1.807, 2.05) is 6.07 Å². The van der Waals surface area contributed by atoms with E-state index in [9.17, 15) is 4.79 Å². The van der Waals surface area contributed by atoms with Crippen LogP contribution in [0.3, 0.4) is 0 Å². The van der Waals surface area contributed by atoms with Crippen LogP contribution in [0.5, 0.6) is 0 Å². The molecule has 0 aliphatic heterocycles. The molecular weight excluding hydrogens is 270 g/mol. The van der Waals surface area contributed by atoms with Gasteiger partial charge in [0.05, 0.1) is 12.3 Å². The second kappa shape index (κ2) is 6.09. The zero-order valence-electron chi connectivity index (χ0n) is 12.0. The number of anilines is 1. The van der Waals surface area contributed by atoms with Crippen LogP contribution in [-0.4, -0.2) is 12.6 Å². The minimum Gasteiger partial charge on any atom is -0.462 e. The maximum atomic E-state index is 11.8. The zero-order valence-corrected chi connectivity index (χ0v) is 12.8. The number of hydrogen-bond acceptors (Lipinski definition) is 4. The van der Waals surface area contributed by atoms with Crippen molar-refractivity contribution >= 4 is 23.0 Å². The molecule has 1 aromatic carbocycles. The SMILES string of the molecule is CCOC(=O)c1sc(-c2ccc(C(C)C)cc2)cc1N. The van der Waals surface area contributed by atoms with E-state index in [0.29, 0.717) is 23.1 Å². The summed E-state index contributed by atoms with van der Waals surface area (Å²) in [5, 5.41) is 0. The summed E-state index contributed by atoms with van der Waals surface area (Å²) in [6.45, 7) is 6.47. The molecule has 2 rings (SSSR count). The van der Waals surface area contributed by atoms with Gasteiger partial charge < -0.3 is 10.5 Å². The molecule has 0 aliphatic rings. The van der Waals surface area contributed by atoms with Gasteiger partial charge in [0.25, 0.3) is 0 Å². The molecule has 20 heavy (non-hydrogen) atoms. The first-order chi connectivity index (χ1) is 9.52. The van der Waals surface area contributed by atoms with Crippen LogP contribution in [0.4, 0.5) is 5.69 Å². The Labute approximate surface area is 123 Å². The number of benzene rings is 1. The Morgan fingerprint density at radius 1 is 1.30 bits per heavy atom. The van der Waals surface area contributed by atoms with Gasteiger partial charge in [0.15, 0.2) is 0 Å². The van der Waals surface area contributed by atoms with Crippen molar-refractivity contribution in [2.24, 2.45) is 0 Å². The molecule has 4 heteroatoms. The predicted octanol–water partition coefficient (Wildman–Crippen LogP) is 4.30. The van der Waals surface area contributed by atoms with Gasteiger partial charge in [-0.3, -0.25) is 0 Å². The summed E-state index contributed by atoms with van der Waals surface area (Å²) >= 11 is 1.38. The average molecular weight is 289 g/mol. The van der Waals surface area contributed by atoms with E-state index in [1.165, 1.54) is 16.9 Å². The predicted molar refractivity (Wildman–Crippen MR) is 84.2 cm³/mol. The highest BCUT2D eigenvalue weighted by atomic mass is 32.1. The maximum absolute atomic E-state index is 11.8. The van der Waals surface area contributed by atoms with Crippen LogP contribution >= 0.6 is 11.3 Å². The van der Waals surface area contributed by atoms with Crippen LogP contribution in [0.15, 0.2) is 30.3 Å². The Kier molecular flexibility index (Phi) is 4.45. The number of hydrogen-bond donors (Lipinski definition) is 1. The number of ether oxygens (including phenoxy) is 1. The van der Waals surface area contributed by atoms with Crippen molar-refractivity contribution in [2.75, 3.05) is 12.3 Å². The Morgan fingerprint density at radius 3 is 2.50 bits per heavy atom. The van der Waals surface area contributed by atoms with Gasteiger partial charge in [0, 0.05) is 4.88 Å². The van der Waals surface area contributed by atoms with Crippen molar-refractivity contribution in [1.82, 2.24) is 0 Å². The first-order valence-corrected chi connectivity index (χ1v) is 7.51. The highest BCUT2D eigenvalue weighted by molar-refractivity contribution is 7.18. The second-order valence-corrected chi connectivity index (χ2v) is 5.94. The number of thiophene rings is 1. The van der Waals surface area contributed by atoms with Crippen LogP contribution in [0.1, 0.15) is 41.9 Å². The first kappa shape index (κ1) is 14.6. The van der Waals surface area contributed by atoms with Crippen molar-refractivity contribution in [3.8, 4) is 10.4 Å². The molecule has 1 aromatic heterocycles. The lowest BCUT2D eigenvalue weighted by molar-refractivity contribution is 0.0533. The van der Waals surface area contributed by atoms with E-state index in [-0.39, 0.29) is 5.97 Å². The number of carbonyl (C=O) groups excluding carboxylic acids is 1. The van der Waals surface area contributed by atoms with Crippen LogP contribution in [0, 0.1) is 0 Å². The molecule has 2 aromatic rings. The highest BCUT2D eigenvalue weighted by Crippen LogP contribution is 2.34. The van der Waals surface area contributed by atoms with Gasteiger partial charge >= 0.3 is 5.97 Å². The van der Waals surface area contributed by atoms with Gasteiger partial charge in [0.2, 0.25) is 0 Å². The van der Waals surface area contributed by atoms with Crippen LogP contribution in [-0.2, 0) is 4.74 Å². The van der Waals surface area contributed by atoms with Gasteiger partial charge in [-0.15, -0.1) is 11.3 Å². The summed E-state index contributed by atoms with van der Waals surface area (Å²) in [6, 6.07) is 10.2. The molecule has 0 radical (unpaired) electrons. The summed E-state index contributed by atoms with van der Waals surface area (Å²) in [4.78, 5) is 13.2. The lowest BCUT2D eigenvalue weighted by Gasteiger charge is -2.05. The topological polar surface area (TPSA) is 52.3 Å². The number of nitrogen functional groups attached to an aromatic ring is 1. The largest absolute Gasteiger partial charge is 0.462 e. The summed E-state index contributed by atoms with van der Waals surface area (Å²) in [6.07, 6.45) is 0. The molecular formula is C16H19NO2S. The van der Waals surface area contributed by atoms with E-state index in [1.54, 1.807) is 6.92 Å². The third kappa shape index (κ3) is 3.02. The second-order valence-electron chi connectivity index (χ2n) is 4.89. The molecule has 1 heterocycles. The highest BCUT2D eigenvalue weighted by Gasteiger charge is 2.16. The Morgan fingerprint density at radius 2 is 1.95 bits per heavy atom. The molecule has 0 saturated carbocycles. The van der Waals surface area contributed by atoms with E-state index in [4.69, 9.17) is 10.5 Å². The molecule has 0 spiro atoms. The Bertz CT molecular complexity index is 599. The van der Waals surface area contributed by atoms with Gasteiger partial charge in [-0.05, 0) is 30.0 Å².